The first-order valence-corrected chi connectivity index (χ1v) is 8.73. The zero-order valence-electron chi connectivity index (χ0n) is 13.6. The van der Waals surface area contributed by atoms with Gasteiger partial charge in [-0.3, -0.25) is 4.79 Å². The third-order valence-electron chi connectivity index (χ3n) is 3.51. The molecule has 0 radical (unpaired) electrons. The van der Waals surface area contributed by atoms with Crippen molar-refractivity contribution in [2.24, 2.45) is 0 Å². The van der Waals surface area contributed by atoms with E-state index in [-0.39, 0.29) is 11.5 Å². The normalized spacial score (nSPS) is 11.7. The molecule has 0 bridgehead atoms. The summed E-state index contributed by atoms with van der Waals surface area (Å²) in [6, 6.07) is 16.7. The molecular weight excluding hydrogens is 322 g/mol. The highest BCUT2D eigenvalue weighted by Gasteiger charge is 2.08. The van der Waals surface area contributed by atoms with Gasteiger partial charge in [-0.15, -0.1) is 11.8 Å². The van der Waals surface area contributed by atoms with E-state index in [0.29, 0.717) is 24.6 Å². The predicted molar refractivity (Wildman–Crippen MR) is 96.5 cm³/mol. The lowest BCUT2D eigenvalue weighted by molar-refractivity contribution is -0.121. The predicted octanol–water partition coefficient (Wildman–Crippen LogP) is 3.61. The maximum Gasteiger partial charge on any atom is 0.335 e. The van der Waals surface area contributed by atoms with Gasteiger partial charge < -0.3 is 10.4 Å². The third-order valence-corrected chi connectivity index (χ3v) is 4.62. The van der Waals surface area contributed by atoms with Gasteiger partial charge in [0.25, 0.3) is 0 Å². The van der Waals surface area contributed by atoms with Crippen molar-refractivity contribution >= 4 is 23.6 Å². The van der Waals surface area contributed by atoms with Crippen LogP contribution >= 0.6 is 11.8 Å². The Kier molecular flexibility index (Phi) is 6.88. The van der Waals surface area contributed by atoms with Crippen molar-refractivity contribution in [1.29, 1.82) is 0 Å². The lowest BCUT2D eigenvalue weighted by atomic mass is 10.1. The number of aromatic carboxylic acids is 1. The Morgan fingerprint density at radius 3 is 2.38 bits per heavy atom. The molecule has 0 aliphatic carbocycles. The molecule has 2 aromatic rings. The summed E-state index contributed by atoms with van der Waals surface area (Å²) in [5.74, 6) is -0.929. The number of carboxylic acids is 1. The first-order chi connectivity index (χ1) is 11.5. The van der Waals surface area contributed by atoms with Crippen LogP contribution in [0.4, 0.5) is 0 Å². The fourth-order valence-corrected chi connectivity index (χ4v) is 3.14. The second-order valence-electron chi connectivity index (χ2n) is 5.55. The number of carbonyl (C=O) groups excluding carboxylic acids is 1. The molecule has 2 N–H and O–H groups in total. The second kappa shape index (κ2) is 9.13. The minimum absolute atomic E-state index is 0.0119. The maximum absolute atomic E-state index is 11.9. The first-order valence-electron chi connectivity index (χ1n) is 7.85. The smallest absolute Gasteiger partial charge is 0.335 e. The number of rotatable bonds is 8. The standard InChI is InChI=1S/C19H21NO3S/c1-14(24-17-5-3-2-4-6-17)13-20-18(21)12-9-15-7-10-16(11-8-15)19(22)23/h2-8,10-11,14H,9,12-13H2,1H3,(H,20,21)(H,22,23). The van der Waals surface area contributed by atoms with Crippen molar-refractivity contribution in [2.45, 2.75) is 29.9 Å². The van der Waals surface area contributed by atoms with Crippen molar-refractivity contribution in [2.75, 3.05) is 6.54 Å². The quantitative estimate of drug-likeness (QED) is 0.719. The number of nitrogens with one attached hydrogen (secondary N) is 1. The van der Waals surface area contributed by atoms with Gasteiger partial charge in [-0.2, -0.15) is 0 Å². The molecule has 0 aromatic heterocycles. The van der Waals surface area contributed by atoms with E-state index in [4.69, 9.17) is 5.11 Å². The van der Waals surface area contributed by atoms with Gasteiger partial charge in [0.05, 0.1) is 5.56 Å². The molecule has 1 amide bonds. The number of aryl methyl sites for hydroxylation is 1. The van der Waals surface area contributed by atoms with Gasteiger partial charge in [0.1, 0.15) is 0 Å². The van der Waals surface area contributed by atoms with Crippen molar-refractivity contribution in [3.63, 3.8) is 0 Å². The lowest BCUT2D eigenvalue weighted by Gasteiger charge is -2.12. The summed E-state index contributed by atoms with van der Waals surface area (Å²) in [4.78, 5) is 23.9. The van der Waals surface area contributed by atoms with Crippen LogP contribution in [-0.2, 0) is 11.2 Å². The molecule has 126 valence electrons. The van der Waals surface area contributed by atoms with Gasteiger partial charge >= 0.3 is 5.97 Å². The van der Waals surface area contributed by atoms with Crippen LogP contribution in [-0.4, -0.2) is 28.8 Å². The summed E-state index contributed by atoms with van der Waals surface area (Å²) in [6.07, 6.45) is 1.00. The van der Waals surface area contributed by atoms with E-state index < -0.39 is 5.97 Å². The van der Waals surface area contributed by atoms with Gasteiger partial charge in [0.15, 0.2) is 0 Å². The average molecular weight is 343 g/mol. The van der Waals surface area contributed by atoms with Gasteiger partial charge in [-0.25, -0.2) is 4.79 Å². The molecule has 1 unspecified atom stereocenters. The van der Waals surface area contributed by atoms with E-state index in [9.17, 15) is 9.59 Å². The molecule has 4 nitrogen and oxygen atoms in total. The Balaban J connectivity index is 1.70. The Labute approximate surface area is 146 Å². The average Bonchev–Trinajstić information content (AvgIpc) is 2.59. The highest BCUT2D eigenvalue weighted by Crippen LogP contribution is 2.21. The molecule has 0 saturated heterocycles. The highest BCUT2D eigenvalue weighted by molar-refractivity contribution is 8.00. The zero-order valence-corrected chi connectivity index (χ0v) is 14.4. The molecule has 5 heteroatoms. The minimum atomic E-state index is -0.941. The molecule has 0 aliphatic heterocycles. The number of amides is 1. The van der Waals surface area contributed by atoms with Crippen LogP contribution in [0.3, 0.4) is 0 Å². The van der Waals surface area contributed by atoms with Gasteiger partial charge in [0.2, 0.25) is 5.91 Å². The molecule has 0 aliphatic rings. The number of hydrogen-bond acceptors (Lipinski definition) is 3. The molecule has 24 heavy (non-hydrogen) atoms. The van der Waals surface area contributed by atoms with Crippen molar-refractivity contribution in [1.82, 2.24) is 5.32 Å². The zero-order chi connectivity index (χ0) is 17.4. The molecule has 1 atom stereocenters. The third kappa shape index (κ3) is 6.08. The Hall–Kier alpha value is -2.27. The SMILES string of the molecule is CC(CNC(=O)CCc1ccc(C(=O)O)cc1)Sc1ccccc1. The first kappa shape index (κ1) is 18.1. The van der Waals surface area contributed by atoms with Crippen LogP contribution in [0.1, 0.15) is 29.3 Å². The van der Waals surface area contributed by atoms with E-state index in [2.05, 4.69) is 24.4 Å². The summed E-state index contributed by atoms with van der Waals surface area (Å²) in [5.41, 5.74) is 1.22. The summed E-state index contributed by atoms with van der Waals surface area (Å²) in [7, 11) is 0. The second-order valence-corrected chi connectivity index (χ2v) is 7.06. The van der Waals surface area contributed by atoms with Crippen LogP contribution in [0.5, 0.6) is 0 Å². The Morgan fingerprint density at radius 1 is 1.08 bits per heavy atom. The summed E-state index contributed by atoms with van der Waals surface area (Å²) >= 11 is 1.73. The molecule has 0 saturated carbocycles. The number of carbonyl (C=O) groups is 2. The molecule has 2 aromatic carbocycles. The minimum Gasteiger partial charge on any atom is -0.478 e. The van der Waals surface area contributed by atoms with E-state index in [1.165, 1.54) is 4.90 Å². The number of carboxylic acid groups (broad SMARTS) is 1. The molecule has 0 fully saturated rings. The van der Waals surface area contributed by atoms with Crippen LogP contribution in [0.25, 0.3) is 0 Å². The van der Waals surface area contributed by atoms with Crippen LogP contribution in [0, 0.1) is 0 Å². The molecular formula is C19H21NO3S. The van der Waals surface area contributed by atoms with Crippen LogP contribution in [0.15, 0.2) is 59.5 Å². The summed E-state index contributed by atoms with van der Waals surface area (Å²) in [6.45, 7) is 2.71. The summed E-state index contributed by atoms with van der Waals surface area (Å²) < 4.78 is 0. The van der Waals surface area contributed by atoms with Crippen molar-refractivity contribution < 1.29 is 14.7 Å². The molecule has 0 spiro atoms. The number of hydrogen-bond donors (Lipinski definition) is 2. The van der Waals surface area contributed by atoms with Crippen molar-refractivity contribution in [3.05, 3.63) is 65.7 Å². The van der Waals surface area contributed by atoms with E-state index >= 15 is 0 Å². The highest BCUT2D eigenvalue weighted by atomic mass is 32.2. The van der Waals surface area contributed by atoms with Gasteiger partial charge in [-0.05, 0) is 36.2 Å². The molecule has 2 rings (SSSR count). The largest absolute Gasteiger partial charge is 0.478 e. The Morgan fingerprint density at radius 2 is 1.75 bits per heavy atom. The van der Waals surface area contributed by atoms with E-state index in [0.717, 1.165) is 5.56 Å². The fourth-order valence-electron chi connectivity index (χ4n) is 2.19. The van der Waals surface area contributed by atoms with Crippen LogP contribution < -0.4 is 5.32 Å². The lowest BCUT2D eigenvalue weighted by Crippen LogP contribution is -2.29. The van der Waals surface area contributed by atoms with Gasteiger partial charge in [0, 0.05) is 23.1 Å². The van der Waals surface area contributed by atoms with Crippen molar-refractivity contribution in [3.8, 4) is 0 Å². The van der Waals surface area contributed by atoms with Crippen LogP contribution in [0.2, 0.25) is 0 Å². The fraction of sp³-hybridized carbons (Fsp3) is 0.263. The maximum atomic E-state index is 11.9. The molecule has 0 heterocycles. The summed E-state index contributed by atoms with van der Waals surface area (Å²) in [5, 5.41) is 12.1. The number of thioether (sulfide) groups is 1. The Bertz CT molecular complexity index is 671. The van der Waals surface area contributed by atoms with Gasteiger partial charge in [-0.1, -0.05) is 37.3 Å². The van der Waals surface area contributed by atoms with E-state index in [1.54, 1.807) is 36.0 Å². The van der Waals surface area contributed by atoms with E-state index in [1.807, 2.05) is 18.2 Å². The topological polar surface area (TPSA) is 66.4 Å². The number of benzene rings is 2. The monoisotopic (exact) mass is 343 g/mol.